The molecule has 20 heavy (non-hydrogen) atoms. The first-order valence-corrected chi connectivity index (χ1v) is 6.80. The Morgan fingerprint density at radius 2 is 1.75 bits per heavy atom. The first-order chi connectivity index (χ1) is 9.54. The Kier molecular flexibility index (Phi) is 3.09. The normalized spacial score (nSPS) is 21.6. The maximum absolute atomic E-state index is 14.3. The fourth-order valence-electron chi connectivity index (χ4n) is 3.06. The molecule has 0 amide bonds. The van der Waals surface area contributed by atoms with Crippen molar-refractivity contribution in [2.75, 3.05) is 0 Å². The van der Waals surface area contributed by atoms with Crippen LogP contribution < -0.4 is 0 Å². The average molecular weight is 274 g/mol. The average Bonchev–Trinajstić information content (AvgIpc) is 2.45. The van der Waals surface area contributed by atoms with Gasteiger partial charge in [0.2, 0.25) is 0 Å². The van der Waals surface area contributed by atoms with Gasteiger partial charge in [-0.2, -0.15) is 0 Å². The maximum atomic E-state index is 14.3. The van der Waals surface area contributed by atoms with Crippen LogP contribution in [0.25, 0.3) is 0 Å². The highest BCUT2D eigenvalue weighted by atomic mass is 19.2. The summed E-state index contributed by atoms with van der Waals surface area (Å²) >= 11 is 0. The third-order valence-corrected chi connectivity index (χ3v) is 4.17. The fraction of sp³-hybridized carbons (Fsp3) is 0.294. The summed E-state index contributed by atoms with van der Waals surface area (Å²) in [5.41, 5.74) is 0.537. The largest absolute Gasteiger partial charge is 0.380 e. The summed E-state index contributed by atoms with van der Waals surface area (Å²) in [6.45, 7) is 1.51. The Morgan fingerprint density at radius 1 is 1.00 bits per heavy atom. The number of aliphatic hydroxyl groups is 1. The van der Waals surface area contributed by atoms with Gasteiger partial charge in [-0.1, -0.05) is 36.4 Å². The van der Waals surface area contributed by atoms with Crippen LogP contribution in [0.4, 0.5) is 8.78 Å². The van der Waals surface area contributed by atoms with E-state index in [-0.39, 0.29) is 11.1 Å². The van der Waals surface area contributed by atoms with Crippen LogP contribution in [-0.4, -0.2) is 5.11 Å². The highest BCUT2D eigenvalue weighted by molar-refractivity contribution is 5.44. The second-order valence-electron chi connectivity index (χ2n) is 5.43. The maximum Gasteiger partial charge on any atom is 0.165 e. The van der Waals surface area contributed by atoms with Crippen molar-refractivity contribution < 1.29 is 13.9 Å². The molecule has 0 saturated carbocycles. The Hall–Kier alpha value is -1.74. The quantitative estimate of drug-likeness (QED) is 0.837. The van der Waals surface area contributed by atoms with Crippen molar-refractivity contribution in [3.05, 3.63) is 70.3 Å². The lowest BCUT2D eigenvalue weighted by molar-refractivity contribution is 0.0571. The molecule has 1 N–H and O–H groups in total. The molecule has 3 rings (SSSR count). The fourth-order valence-corrected chi connectivity index (χ4v) is 3.06. The van der Waals surface area contributed by atoms with E-state index in [4.69, 9.17) is 0 Å². The van der Waals surface area contributed by atoms with Gasteiger partial charge in [-0.15, -0.1) is 0 Å². The van der Waals surface area contributed by atoms with Crippen LogP contribution in [0.2, 0.25) is 0 Å². The van der Waals surface area contributed by atoms with Gasteiger partial charge >= 0.3 is 0 Å². The van der Waals surface area contributed by atoms with Crippen molar-refractivity contribution in [2.24, 2.45) is 0 Å². The molecule has 0 heterocycles. The number of fused-ring (bicyclic) bond motifs is 1. The monoisotopic (exact) mass is 274 g/mol. The number of halogens is 2. The van der Waals surface area contributed by atoms with Crippen LogP contribution in [0.3, 0.4) is 0 Å². The standard InChI is InChI=1S/C17H16F2O/c1-11-8-9-14(16(19)15(11)18)17(20)10-4-6-12-5-2-3-7-13(12)17/h2-3,5,7-9,20H,4,6,10H2,1H3. The molecule has 1 nitrogen and oxygen atoms in total. The van der Waals surface area contributed by atoms with Gasteiger partial charge in [-0.05, 0) is 42.9 Å². The summed E-state index contributed by atoms with van der Waals surface area (Å²) < 4.78 is 28.1. The van der Waals surface area contributed by atoms with E-state index in [9.17, 15) is 13.9 Å². The second-order valence-corrected chi connectivity index (χ2v) is 5.43. The lowest BCUT2D eigenvalue weighted by Gasteiger charge is -2.35. The lowest BCUT2D eigenvalue weighted by atomic mass is 9.75. The molecule has 0 aromatic heterocycles. The van der Waals surface area contributed by atoms with E-state index in [2.05, 4.69) is 0 Å². The van der Waals surface area contributed by atoms with E-state index in [1.54, 1.807) is 6.07 Å². The SMILES string of the molecule is Cc1ccc(C2(O)CCCc3ccccc32)c(F)c1F. The molecule has 104 valence electrons. The Labute approximate surface area is 116 Å². The van der Waals surface area contributed by atoms with Gasteiger partial charge in [0.15, 0.2) is 11.6 Å². The highest BCUT2D eigenvalue weighted by Crippen LogP contribution is 2.41. The summed E-state index contributed by atoms with van der Waals surface area (Å²) in [6, 6.07) is 10.5. The molecule has 3 heteroatoms. The van der Waals surface area contributed by atoms with Crippen LogP contribution in [0.15, 0.2) is 36.4 Å². The predicted octanol–water partition coefficient (Wildman–Crippen LogP) is 3.85. The van der Waals surface area contributed by atoms with Gasteiger partial charge in [0, 0.05) is 5.56 Å². The van der Waals surface area contributed by atoms with Crippen LogP contribution in [0, 0.1) is 18.6 Å². The molecule has 0 saturated heterocycles. The van der Waals surface area contributed by atoms with Crippen molar-refractivity contribution in [3.63, 3.8) is 0 Å². The lowest BCUT2D eigenvalue weighted by Crippen LogP contribution is -2.33. The van der Waals surface area contributed by atoms with E-state index in [1.807, 2.05) is 18.2 Å². The van der Waals surface area contributed by atoms with Crippen LogP contribution >= 0.6 is 0 Å². The first kappa shape index (κ1) is 13.3. The summed E-state index contributed by atoms with van der Waals surface area (Å²) in [5.74, 6) is -1.82. The van der Waals surface area contributed by atoms with E-state index in [0.29, 0.717) is 12.0 Å². The van der Waals surface area contributed by atoms with Crippen molar-refractivity contribution in [1.82, 2.24) is 0 Å². The van der Waals surface area contributed by atoms with Gasteiger partial charge in [0.25, 0.3) is 0 Å². The zero-order valence-corrected chi connectivity index (χ0v) is 11.3. The number of benzene rings is 2. The van der Waals surface area contributed by atoms with E-state index >= 15 is 0 Å². The molecule has 1 aliphatic rings. The van der Waals surface area contributed by atoms with Gasteiger partial charge < -0.3 is 5.11 Å². The minimum Gasteiger partial charge on any atom is -0.380 e. The molecule has 1 atom stereocenters. The molecule has 0 spiro atoms. The molecule has 2 aromatic carbocycles. The summed E-state index contributed by atoms with van der Waals surface area (Å²) in [6.07, 6.45) is 2.01. The molecule has 2 aromatic rings. The van der Waals surface area contributed by atoms with E-state index in [0.717, 1.165) is 18.4 Å². The Bertz CT molecular complexity index is 666. The predicted molar refractivity (Wildman–Crippen MR) is 73.5 cm³/mol. The molecule has 1 aliphatic carbocycles. The number of hydrogen-bond donors (Lipinski definition) is 1. The summed E-state index contributed by atoms with van der Waals surface area (Å²) in [7, 11) is 0. The highest BCUT2D eigenvalue weighted by Gasteiger charge is 2.38. The van der Waals surface area contributed by atoms with Gasteiger partial charge in [0.1, 0.15) is 5.60 Å². The number of aryl methyl sites for hydroxylation is 2. The topological polar surface area (TPSA) is 20.2 Å². The third-order valence-electron chi connectivity index (χ3n) is 4.17. The number of rotatable bonds is 1. The Balaban J connectivity index is 2.22. The molecule has 0 radical (unpaired) electrons. The first-order valence-electron chi connectivity index (χ1n) is 6.80. The second kappa shape index (κ2) is 4.67. The van der Waals surface area contributed by atoms with E-state index in [1.165, 1.54) is 19.1 Å². The molecule has 0 bridgehead atoms. The molecular formula is C17H16F2O. The van der Waals surface area contributed by atoms with Crippen LogP contribution in [-0.2, 0) is 12.0 Å². The zero-order valence-electron chi connectivity index (χ0n) is 11.3. The third kappa shape index (κ3) is 1.85. The molecule has 1 unspecified atom stereocenters. The summed E-state index contributed by atoms with van der Waals surface area (Å²) in [5, 5.41) is 11.0. The van der Waals surface area contributed by atoms with Gasteiger partial charge in [-0.25, -0.2) is 8.78 Å². The van der Waals surface area contributed by atoms with Crippen molar-refractivity contribution in [3.8, 4) is 0 Å². The van der Waals surface area contributed by atoms with E-state index < -0.39 is 17.2 Å². The Morgan fingerprint density at radius 3 is 2.55 bits per heavy atom. The zero-order chi connectivity index (χ0) is 14.3. The molecule has 0 fully saturated rings. The minimum absolute atomic E-state index is 0.0350. The van der Waals surface area contributed by atoms with Crippen molar-refractivity contribution in [2.45, 2.75) is 31.8 Å². The molecule has 0 aliphatic heterocycles. The van der Waals surface area contributed by atoms with Crippen molar-refractivity contribution in [1.29, 1.82) is 0 Å². The van der Waals surface area contributed by atoms with Crippen LogP contribution in [0.1, 0.15) is 35.1 Å². The van der Waals surface area contributed by atoms with Crippen molar-refractivity contribution >= 4 is 0 Å². The van der Waals surface area contributed by atoms with Gasteiger partial charge in [-0.3, -0.25) is 0 Å². The number of hydrogen-bond acceptors (Lipinski definition) is 1. The summed E-state index contributed by atoms with van der Waals surface area (Å²) in [4.78, 5) is 0. The smallest absolute Gasteiger partial charge is 0.165 e. The van der Waals surface area contributed by atoms with Gasteiger partial charge in [0.05, 0.1) is 0 Å². The van der Waals surface area contributed by atoms with Crippen LogP contribution in [0.5, 0.6) is 0 Å². The molecular weight excluding hydrogens is 258 g/mol. The minimum atomic E-state index is -1.44.